The van der Waals surface area contributed by atoms with Crippen molar-refractivity contribution < 1.29 is 9.47 Å². The van der Waals surface area contributed by atoms with E-state index in [2.05, 4.69) is 41.5 Å². The van der Waals surface area contributed by atoms with E-state index in [-0.39, 0.29) is 0 Å². The Morgan fingerprint density at radius 2 is 2.29 bits per heavy atom. The summed E-state index contributed by atoms with van der Waals surface area (Å²) < 4.78 is 11.4. The van der Waals surface area contributed by atoms with Crippen LogP contribution in [0.15, 0.2) is 36.5 Å². The van der Waals surface area contributed by atoms with Crippen LogP contribution < -0.4 is 10.1 Å². The Hall–Kier alpha value is -2.58. The van der Waals surface area contributed by atoms with Crippen LogP contribution in [0.2, 0.25) is 0 Å². The molecule has 1 fully saturated rings. The van der Waals surface area contributed by atoms with Crippen molar-refractivity contribution in [1.82, 2.24) is 4.98 Å². The minimum Gasteiger partial charge on any atom is -0.493 e. The van der Waals surface area contributed by atoms with Gasteiger partial charge < -0.3 is 14.8 Å². The first-order valence-electron chi connectivity index (χ1n) is 8.14. The van der Waals surface area contributed by atoms with Crippen molar-refractivity contribution in [3.63, 3.8) is 0 Å². The van der Waals surface area contributed by atoms with Gasteiger partial charge in [0, 0.05) is 30.8 Å². The Bertz CT molecular complexity index is 716. The highest BCUT2D eigenvalue weighted by molar-refractivity contribution is 5.43. The molecule has 0 bridgehead atoms. The van der Waals surface area contributed by atoms with E-state index in [1.54, 1.807) is 12.3 Å². The lowest BCUT2D eigenvalue weighted by Gasteiger charge is -2.15. The number of anilines is 1. The highest BCUT2D eigenvalue weighted by Gasteiger charge is 2.17. The molecule has 124 valence electrons. The van der Waals surface area contributed by atoms with Gasteiger partial charge in [0.15, 0.2) is 0 Å². The van der Waals surface area contributed by atoms with Crippen LogP contribution >= 0.6 is 0 Å². The average molecular weight is 323 g/mol. The molecule has 1 saturated heterocycles. The summed E-state index contributed by atoms with van der Waals surface area (Å²) in [5.41, 5.74) is 2.82. The molecule has 0 saturated carbocycles. The van der Waals surface area contributed by atoms with Gasteiger partial charge >= 0.3 is 0 Å². The normalized spacial score (nSPS) is 16.6. The summed E-state index contributed by atoms with van der Waals surface area (Å²) >= 11 is 0. The molecule has 1 aromatic carbocycles. The maximum atomic E-state index is 8.81. The van der Waals surface area contributed by atoms with E-state index in [1.807, 2.05) is 6.07 Å². The summed E-state index contributed by atoms with van der Waals surface area (Å²) in [5.74, 6) is 2.12. The van der Waals surface area contributed by atoms with Crippen molar-refractivity contribution in [2.75, 3.05) is 25.1 Å². The van der Waals surface area contributed by atoms with E-state index in [0.29, 0.717) is 24.6 Å². The lowest BCUT2D eigenvalue weighted by atomic mass is 10.1. The number of pyridine rings is 1. The molecule has 5 heteroatoms. The van der Waals surface area contributed by atoms with Gasteiger partial charge in [0.05, 0.1) is 18.8 Å². The molecule has 3 rings (SSSR count). The van der Waals surface area contributed by atoms with Crippen LogP contribution in [0.5, 0.6) is 5.75 Å². The number of nitrogens with zero attached hydrogens (tertiary/aromatic N) is 2. The number of nitriles is 1. The summed E-state index contributed by atoms with van der Waals surface area (Å²) in [7, 11) is 0. The summed E-state index contributed by atoms with van der Waals surface area (Å²) in [4.78, 5) is 4.23. The number of nitrogens with one attached hydrogen (secondary N) is 1. The summed E-state index contributed by atoms with van der Waals surface area (Å²) in [6.07, 6.45) is 2.63. The van der Waals surface area contributed by atoms with Gasteiger partial charge in [-0.2, -0.15) is 5.26 Å². The molecular formula is C19H21N3O2. The number of rotatable bonds is 6. The third-order valence-corrected chi connectivity index (χ3v) is 4.07. The van der Waals surface area contributed by atoms with Gasteiger partial charge in [-0.25, -0.2) is 4.98 Å². The number of hydrogen-bond donors (Lipinski definition) is 1. The molecule has 0 amide bonds. The zero-order valence-electron chi connectivity index (χ0n) is 13.8. The van der Waals surface area contributed by atoms with E-state index in [0.717, 1.165) is 36.8 Å². The number of aryl methyl sites for hydroxylation is 1. The predicted molar refractivity (Wildman–Crippen MR) is 91.9 cm³/mol. The zero-order valence-corrected chi connectivity index (χ0v) is 13.8. The van der Waals surface area contributed by atoms with Crippen LogP contribution in [0.4, 0.5) is 5.82 Å². The van der Waals surface area contributed by atoms with Crippen LogP contribution in [-0.4, -0.2) is 24.8 Å². The molecule has 1 aromatic heterocycles. The van der Waals surface area contributed by atoms with Crippen molar-refractivity contribution in [2.24, 2.45) is 5.92 Å². The van der Waals surface area contributed by atoms with Crippen molar-refractivity contribution in [3.05, 3.63) is 53.2 Å². The molecule has 0 aliphatic carbocycles. The number of hydrogen-bond acceptors (Lipinski definition) is 5. The molecule has 2 heterocycles. The Morgan fingerprint density at radius 3 is 3.00 bits per heavy atom. The van der Waals surface area contributed by atoms with E-state index < -0.39 is 0 Å². The molecule has 1 N–H and O–H groups in total. The van der Waals surface area contributed by atoms with Crippen molar-refractivity contribution in [1.29, 1.82) is 5.26 Å². The lowest BCUT2D eigenvalue weighted by Crippen LogP contribution is -2.13. The fourth-order valence-electron chi connectivity index (χ4n) is 2.61. The molecule has 2 aromatic rings. The second-order valence-corrected chi connectivity index (χ2v) is 6.05. The lowest BCUT2D eigenvalue weighted by molar-refractivity contribution is 0.167. The van der Waals surface area contributed by atoms with Gasteiger partial charge in [-0.05, 0) is 37.1 Å². The zero-order chi connectivity index (χ0) is 16.8. The first-order chi connectivity index (χ1) is 11.7. The minimum absolute atomic E-state index is 0.478. The van der Waals surface area contributed by atoms with Crippen LogP contribution in [-0.2, 0) is 11.3 Å². The molecule has 5 nitrogen and oxygen atoms in total. The molecule has 1 aliphatic heterocycles. The third-order valence-electron chi connectivity index (χ3n) is 4.07. The standard InChI is InChI=1S/C19H21N3O2/c1-14-2-4-17(11-22-19-5-3-15(9-20)10-21-19)18(8-14)24-13-16-6-7-23-12-16/h2-5,8,10,16H,6-7,11-13H2,1H3,(H,21,22)/t16-/m0/s1. The van der Waals surface area contributed by atoms with Gasteiger partial charge in [0.25, 0.3) is 0 Å². The average Bonchev–Trinajstić information content (AvgIpc) is 3.13. The van der Waals surface area contributed by atoms with Gasteiger partial charge in [-0.1, -0.05) is 12.1 Å². The predicted octanol–water partition coefficient (Wildman–Crippen LogP) is 3.29. The fraction of sp³-hybridized carbons (Fsp3) is 0.368. The van der Waals surface area contributed by atoms with E-state index in [4.69, 9.17) is 14.7 Å². The Kier molecular flexibility index (Phi) is 5.29. The summed E-state index contributed by atoms with van der Waals surface area (Å²) in [6, 6.07) is 11.8. The quantitative estimate of drug-likeness (QED) is 0.883. The molecular weight excluding hydrogens is 302 g/mol. The maximum Gasteiger partial charge on any atom is 0.126 e. The molecule has 0 unspecified atom stereocenters. The Balaban J connectivity index is 1.64. The summed E-state index contributed by atoms with van der Waals surface area (Å²) in [5, 5.41) is 12.1. The topological polar surface area (TPSA) is 67.2 Å². The number of ether oxygens (including phenoxy) is 2. The second kappa shape index (κ2) is 7.80. The molecule has 1 aliphatic rings. The number of benzene rings is 1. The highest BCUT2D eigenvalue weighted by atomic mass is 16.5. The second-order valence-electron chi connectivity index (χ2n) is 6.05. The van der Waals surface area contributed by atoms with Crippen molar-refractivity contribution in [3.8, 4) is 11.8 Å². The van der Waals surface area contributed by atoms with Crippen LogP contribution in [0, 0.1) is 24.2 Å². The maximum absolute atomic E-state index is 8.81. The monoisotopic (exact) mass is 323 g/mol. The van der Waals surface area contributed by atoms with E-state index in [1.165, 1.54) is 5.56 Å². The third kappa shape index (κ3) is 4.24. The first-order valence-corrected chi connectivity index (χ1v) is 8.14. The largest absolute Gasteiger partial charge is 0.493 e. The summed E-state index contributed by atoms with van der Waals surface area (Å²) in [6.45, 7) is 4.99. The molecule has 0 spiro atoms. The van der Waals surface area contributed by atoms with Crippen LogP contribution in [0.1, 0.15) is 23.1 Å². The molecule has 24 heavy (non-hydrogen) atoms. The van der Waals surface area contributed by atoms with Gasteiger partial charge in [0.1, 0.15) is 17.6 Å². The van der Waals surface area contributed by atoms with Crippen molar-refractivity contribution >= 4 is 5.82 Å². The van der Waals surface area contributed by atoms with Gasteiger partial charge in [-0.15, -0.1) is 0 Å². The highest BCUT2D eigenvalue weighted by Crippen LogP contribution is 2.23. The number of aromatic nitrogens is 1. The first kappa shape index (κ1) is 16.3. The van der Waals surface area contributed by atoms with Gasteiger partial charge in [-0.3, -0.25) is 0 Å². The minimum atomic E-state index is 0.478. The smallest absolute Gasteiger partial charge is 0.126 e. The van der Waals surface area contributed by atoms with Crippen LogP contribution in [0.25, 0.3) is 0 Å². The van der Waals surface area contributed by atoms with E-state index >= 15 is 0 Å². The molecule has 1 atom stereocenters. The SMILES string of the molecule is Cc1ccc(CNc2ccc(C#N)cn2)c(OC[C@H]2CCOC2)c1. The van der Waals surface area contributed by atoms with E-state index in [9.17, 15) is 0 Å². The Labute approximate surface area is 142 Å². The van der Waals surface area contributed by atoms with Gasteiger partial charge in [0.2, 0.25) is 0 Å². The van der Waals surface area contributed by atoms with Crippen molar-refractivity contribution in [2.45, 2.75) is 19.9 Å². The molecule has 0 radical (unpaired) electrons. The fourth-order valence-corrected chi connectivity index (χ4v) is 2.61. The van der Waals surface area contributed by atoms with Crippen LogP contribution in [0.3, 0.4) is 0 Å². The Morgan fingerprint density at radius 1 is 1.38 bits per heavy atom.